The lowest BCUT2D eigenvalue weighted by molar-refractivity contribution is 0.0445. The van der Waals surface area contributed by atoms with E-state index < -0.39 is 5.60 Å². The van der Waals surface area contributed by atoms with Gasteiger partial charge in [-0.05, 0) is 30.5 Å². The summed E-state index contributed by atoms with van der Waals surface area (Å²) >= 11 is 0. The number of aliphatic hydroxyl groups is 1. The summed E-state index contributed by atoms with van der Waals surface area (Å²) in [4.78, 5) is 2.30. The van der Waals surface area contributed by atoms with Gasteiger partial charge in [0.1, 0.15) is 5.60 Å². The fourth-order valence-corrected chi connectivity index (χ4v) is 3.39. The van der Waals surface area contributed by atoms with E-state index in [1.165, 1.54) is 0 Å². The van der Waals surface area contributed by atoms with E-state index in [0.29, 0.717) is 6.54 Å². The molecule has 1 unspecified atom stereocenters. The summed E-state index contributed by atoms with van der Waals surface area (Å²) in [6.07, 6.45) is 0.776. The van der Waals surface area contributed by atoms with Gasteiger partial charge in [-0.3, -0.25) is 10.00 Å². The number of hydrogen-bond donors (Lipinski definition) is 2. The summed E-state index contributed by atoms with van der Waals surface area (Å²) in [6.45, 7) is 10.9. The van der Waals surface area contributed by atoms with Gasteiger partial charge in [-0.15, -0.1) is 0 Å². The highest BCUT2D eigenvalue weighted by Gasteiger charge is 2.38. The minimum Gasteiger partial charge on any atom is -0.384 e. The highest BCUT2D eigenvalue weighted by molar-refractivity contribution is 5.32. The number of nitrogens with one attached hydrogen (secondary N) is 1. The maximum absolute atomic E-state index is 11.1. The molecule has 0 spiro atoms. The van der Waals surface area contributed by atoms with E-state index in [9.17, 15) is 5.11 Å². The quantitative estimate of drug-likeness (QED) is 0.915. The van der Waals surface area contributed by atoms with Gasteiger partial charge in [0.2, 0.25) is 0 Å². The second-order valence-electron chi connectivity index (χ2n) is 7.84. The van der Waals surface area contributed by atoms with Crippen LogP contribution < -0.4 is 0 Å². The van der Waals surface area contributed by atoms with Crippen molar-refractivity contribution in [2.75, 3.05) is 13.1 Å². The average Bonchev–Trinajstić information content (AvgIpc) is 3.07. The van der Waals surface area contributed by atoms with E-state index in [2.05, 4.69) is 54.9 Å². The van der Waals surface area contributed by atoms with Gasteiger partial charge in [-0.25, -0.2) is 0 Å². The maximum Gasteiger partial charge on any atom is 0.104 e. The minimum absolute atomic E-state index is 0.0572. The molecule has 1 aromatic carbocycles. The Labute approximate surface area is 138 Å². The Hall–Kier alpha value is -1.65. The lowest BCUT2D eigenvalue weighted by Gasteiger charge is -2.25. The standard InChI is InChI=1S/C19H27N3O/c1-14-7-5-6-8-16(14)19(23)9-10-22(13-19)12-15-11-17(21-20-15)18(2,3)4/h5-8,11,23H,9-10,12-13H2,1-4H3,(H,20,21). The number of hydrogen-bond acceptors (Lipinski definition) is 3. The molecule has 0 aliphatic carbocycles. The maximum atomic E-state index is 11.1. The summed E-state index contributed by atoms with van der Waals surface area (Å²) < 4.78 is 0. The van der Waals surface area contributed by atoms with Crippen LogP contribution in [0.1, 0.15) is 49.7 Å². The number of likely N-dealkylation sites (tertiary alicyclic amines) is 1. The van der Waals surface area contributed by atoms with Crippen molar-refractivity contribution in [1.29, 1.82) is 0 Å². The molecule has 2 N–H and O–H groups in total. The van der Waals surface area contributed by atoms with Gasteiger partial charge in [-0.2, -0.15) is 5.10 Å². The first-order valence-corrected chi connectivity index (χ1v) is 8.33. The molecule has 4 nitrogen and oxygen atoms in total. The highest BCUT2D eigenvalue weighted by Crippen LogP contribution is 2.34. The fourth-order valence-electron chi connectivity index (χ4n) is 3.39. The normalized spacial score (nSPS) is 22.7. The van der Waals surface area contributed by atoms with E-state index in [1.807, 2.05) is 18.2 Å². The SMILES string of the molecule is Cc1ccccc1C1(O)CCN(Cc2cc(C(C)(C)C)n[nH]2)C1. The Morgan fingerprint density at radius 1 is 1.30 bits per heavy atom. The van der Waals surface area contributed by atoms with Crippen LogP contribution in [0.2, 0.25) is 0 Å². The molecular weight excluding hydrogens is 286 g/mol. The lowest BCUT2D eigenvalue weighted by Crippen LogP contribution is -2.31. The van der Waals surface area contributed by atoms with Crippen molar-refractivity contribution in [3.63, 3.8) is 0 Å². The zero-order valence-electron chi connectivity index (χ0n) is 14.6. The largest absolute Gasteiger partial charge is 0.384 e. The average molecular weight is 313 g/mol. The van der Waals surface area contributed by atoms with Crippen LogP contribution in [0.3, 0.4) is 0 Å². The lowest BCUT2D eigenvalue weighted by atomic mass is 9.89. The Kier molecular flexibility index (Phi) is 4.07. The number of H-pyrrole nitrogens is 1. The molecule has 1 aliphatic rings. The Morgan fingerprint density at radius 2 is 2.04 bits per heavy atom. The van der Waals surface area contributed by atoms with Crippen molar-refractivity contribution in [3.05, 3.63) is 52.8 Å². The van der Waals surface area contributed by atoms with Crippen LogP contribution >= 0.6 is 0 Å². The molecule has 124 valence electrons. The van der Waals surface area contributed by atoms with Gasteiger partial charge in [-0.1, -0.05) is 45.0 Å². The first-order valence-electron chi connectivity index (χ1n) is 8.33. The Bertz CT molecular complexity index is 686. The first kappa shape index (κ1) is 16.2. The summed E-state index contributed by atoms with van der Waals surface area (Å²) in [6, 6.07) is 10.3. The predicted octanol–water partition coefficient (Wildman–Crippen LogP) is 3.11. The summed E-state index contributed by atoms with van der Waals surface area (Å²) in [5.41, 5.74) is 3.74. The van der Waals surface area contributed by atoms with Crippen molar-refractivity contribution in [2.45, 2.75) is 51.7 Å². The predicted molar refractivity (Wildman–Crippen MR) is 92.3 cm³/mol. The molecule has 4 heteroatoms. The van der Waals surface area contributed by atoms with Crippen LogP contribution in [0.15, 0.2) is 30.3 Å². The second kappa shape index (κ2) is 5.77. The molecule has 0 radical (unpaired) electrons. The van der Waals surface area contributed by atoms with Gasteiger partial charge in [0.05, 0.1) is 5.69 Å². The van der Waals surface area contributed by atoms with Gasteiger partial charge in [0, 0.05) is 30.7 Å². The Morgan fingerprint density at radius 3 is 2.70 bits per heavy atom. The molecule has 0 saturated carbocycles. The van der Waals surface area contributed by atoms with Crippen LogP contribution in [-0.2, 0) is 17.6 Å². The van der Waals surface area contributed by atoms with Crippen molar-refractivity contribution in [3.8, 4) is 0 Å². The molecule has 0 amide bonds. The van der Waals surface area contributed by atoms with Gasteiger partial charge < -0.3 is 5.11 Å². The molecule has 2 heterocycles. The molecule has 1 atom stereocenters. The molecular formula is C19H27N3O. The van der Waals surface area contributed by atoms with Crippen LogP contribution in [0.4, 0.5) is 0 Å². The fraction of sp³-hybridized carbons (Fsp3) is 0.526. The molecule has 2 aromatic rings. The topological polar surface area (TPSA) is 52.1 Å². The van der Waals surface area contributed by atoms with Gasteiger partial charge in [0.15, 0.2) is 0 Å². The third-order valence-corrected chi connectivity index (χ3v) is 4.77. The summed E-state index contributed by atoms with van der Waals surface area (Å²) in [5, 5.41) is 18.6. The number of benzene rings is 1. The summed E-state index contributed by atoms with van der Waals surface area (Å²) in [5.74, 6) is 0. The molecule has 1 fully saturated rings. The molecule has 1 aromatic heterocycles. The second-order valence-corrected chi connectivity index (χ2v) is 7.84. The smallest absolute Gasteiger partial charge is 0.104 e. The number of aromatic amines is 1. The van der Waals surface area contributed by atoms with E-state index >= 15 is 0 Å². The number of aromatic nitrogens is 2. The molecule has 1 aliphatic heterocycles. The molecule has 3 rings (SSSR count). The molecule has 0 bridgehead atoms. The zero-order chi connectivity index (χ0) is 16.7. The highest BCUT2D eigenvalue weighted by atomic mass is 16.3. The zero-order valence-corrected chi connectivity index (χ0v) is 14.6. The monoisotopic (exact) mass is 313 g/mol. The first-order chi connectivity index (χ1) is 10.8. The third kappa shape index (κ3) is 3.33. The third-order valence-electron chi connectivity index (χ3n) is 4.77. The van der Waals surface area contributed by atoms with Crippen LogP contribution in [-0.4, -0.2) is 33.3 Å². The van der Waals surface area contributed by atoms with Crippen LogP contribution in [0, 0.1) is 6.92 Å². The van der Waals surface area contributed by atoms with Crippen molar-refractivity contribution in [2.24, 2.45) is 0 Å². The summed E-state index contributed by atoms with van der Waals surface area (Å²) in [7, 11) is 0. The van der Waals surface area contributed by atoms with E-state index in [4.69, 9.17) is 0 Å². The molecule has 1 saturated heterocycles. The van der Waals surface area contributed by atoms with Crippen LogP contribution in [0.25, 0.3) is 0 Å². The van der Waals surface area contributed by atoms with Crippen molar-refractivity contribution < 1.29 is 5.11 Å². The van der Waals surface area contributed by atoms with Gasteiger partial charge >= 0.3 is 0 Å². The van der Waals surface area contributed by atoms with Crippen LogP contribution in [0.5, 0.6) is 0 Å². The number of rotatable bonds is 3. The Balaban J connectivity index is 1.71. The van der Waals surface area contributed by atoms with Crippen molar-refractivity contribution in [1.82, 2.24) is 15.1 Å². The number of β-amino-alcohol motifs (C(OH)–C–C–N with tert-alkyl or cyclic N) is 1. The van der Waals surface area contributed by atoms with E-state index in [-0.39, 0.29) is 5.41 Å². The van der Waals surface area contributed by atoms with Gasteiger partial charge in [0.25, 0.3) is 0 Å². The molecule has 23 heavy (non-hydrogen) atoms. The minimum atomic E-state index is -0.738. The van der Waals surface area contributed by atoms with E-state index in [0.717, 1.165) is 42.0 Å². The van der Waals surface area contributed by atoms with Crippen molar-refractivity contribution >= 4 is 0 Å². The number of nitrogens with zero attached hydrogens (tertiary/aromatic N) is 2. The van der Waals surface area contributed by atoms with E-state index in [1.54, 1.807) is 0 Å². The number of aryl methyl sites for hydroxylation is 1.